The Morgan fingerprint density at radius 1 is 1.36 bits per heavy atom. The summed E-state index contributed by atoms with van der Waals surface area (Å²) in [5.74, 6) is -0.0449. The van der Waals surface area contributed by atoms with Gasteiger partial charge >= 0.3 is 0 Å². The van der Waals surface area contributed by atoms with Gasteiger partial charge in [0.05, 0.1) is 24.4 Å². The Bertz CT molecular complexity index is 965. The molecular weight excluding hydrogens is 358 g/mol. The molecule has 0 aliphatic rings. The van der Waals surface area contributed by atoms with Gasteiger partial charge in [0, 0.05) is 5.69 Å². The number of nitrogens with one attached hydrogen (secondary N) is 1. The van der Waals surface area contributed by atoms with E-state index in [-0.39, 0.29) is 30.4 Å². The number of aliphatic hydroxyl groups excluding tert-OH is 1. The van der Waals surface area contributed by atoms with E-state index >= 15 is 0 Å². The van der Waals surface area contributed by atoms with Gasteiger partial charge in [-0.1, -0.05) is 30.0 Å². The number of para-hydroxylation sites is 1. The number of fused-ring (bicyclic) bond motifs is 1. The minimum absolute atomic E-state index is 0.127. The molecule has 8 heteroatoms. The van der Waals surface area contributed by atoms with Gasteiger partial charge in [-0.2, -0.15) is 0 Å². The molecule has 0 fully saturated rings. The van der Waals surface area contributed by atoms with Crippen molar-refractivity contribution in [2.75, 3.05) is 17.7 Å². The van der Waals surface area contributed by atoms with E-state index in [0.717, 1.165) is 11.3 Å². The van der Waals surface area contributed by atoms with Crippen LogP contribution in [0.5, 0.6) is 0 Å². The van der Waals surface area contributed by atoms with Crippen LogP contribution in [0, 0.1) is 6.92 Å². The number of aryl methyl sites for hydroxylation is 1. The van der Waals surface area contributed by atoms with Crippen LogP contribution in [0.1, 0.15) is 5.56 Å². The van der Waals surface area contributed by atoms with Gasteiger partial charge in [0.2, 0.25) is 5.91 Å². The van der Waals surface area contributed by atoms with Crippen LogP contribution < -0.4 is 10.9 Å². The number of hydrogen-bond donors (Lipinski definition) is 2. The predicted octanol–water partition coefficient (Wildman–Crippen LogP) is 2.49. The average molecular weight is 375 g/mol. The van der Waals surface area contributed by atoms with Crippen LogP contribution in [0.25, 0.3) is 10.2 Å². The Kier molecular flexibility index (Phi) is 5.52. The van der Waals surface area contributed by atoms with Crippen molar-refractivity contribution in [1.82, 2.24) is 9.55 Å². The second-order valence-corrected chi connectivity index (χ2v) is 7.22. The van der Waals surface area contributed by atoms with Gasteiger partial charge in [-0.15, -0.1) is 11.3 Å². The molecule has 1 amide bonds. The first-order chi connectivity index (χ1) is 12.1. The minimum atomic E-state index is -0.184. The summed E-state index contributed by atoms with van der Waals surface area (Å²) in [4.78, 5) is 29.2. The fourth-order valence-corrected chi connectivity index (χ4v) is 3.96. The summed E-state index contributed by atoms with van der Waals surface area (Å²) in [6, 6.07) is 9.32. The topological polar surface area (TPSA) is 84.2 Å². The molecule has 6 nitrogen and oxygen atoms in total. The lowest BCUT2D eigenvalue weighted by molar-refractivity contribution is -0.113. The van der Waals surface area contributed by atoms with Gasteiger partial charge in [0.1, 0.15) is 4.70 Å². The second-order valence-electron chi connectivity index (χ2n) is 5.36. The zero-order chi connectivity index (χ0) is 17.8. The minimum Gasteiger partial charge on any atom is -0.395 e. The molecule has 1 aromatic carbocycles. The zero-order valence-electron chi connectivity index (χ0n) is 13.6. The number of anilines is 1. The SMILES string of the molecule is Cc1ccccc1NC(=O)CSc1nc2ccsc2c(=O)n1CCO. The number of aliphatic hydroxyl groups is 1. The number of benzene rings is 1. The first-order valence-corrected chi connectivity index (χ1v) is 9.54. The van der Waals surface area contributed by atoms with Crippen LogP contribution >= 0.6 is 23.1 Å². The smallest absolute Gasteiger partial charge is 0.272 e. The van der Waals surface area contributed by atoms with Gasteiger partial charge in [-0.3, -0.25) is 14.2 Å². The molecular formula is C17H17N3O3S2. The summed E-state index contributed by atoms with van der Waals surface area (Å²) in [7, 11) is 0. The van der Waals surface area contributed by atoms with Crippen LogP contribution in [-0.2, 0) is 11.3 Å². The predicted molar refractivity (Wildman–Crippen MR) is 101 cm³/mol. The number of rotatable bonds is 6. The average Bonchev–Trinajstić information content (AvgIpc) is 3.07. The van der Waals surface area contributed by atoms with Crippen LogP contribution in [0.4, 0.5) is 5.69 Å². The zero-order valence-corrected chi connectivity index (χ0v) is 15.2. The van der Waals surface area contributed by atoms with Crippen molar-refractivity contribution in [3.8, 4) is 0 Å². The number of aromatic nitrogens is 2. The molecule has 0 radical (unpaired) electrons. The van der Waals surface area contributed by atoms with Crippen molar-refractivity contribution in [2.24, 2.45) is 0 Å². The molecule has 0 unspecified atom stereocenters. The van der Waals surface area contributed by atoms with Crippen molar-refractivity contribution >= 4 is 44.9 Å². The van der Waals surface area contributed by atoms with E-state index in [9.17, 15) is 14.7 Å². The van der Waals surface area contributed by atoms with Crippen LogP contribution in [0.15, 0.2) is 45.7 Å². The number of nitrogens with zero attached hydrogens (tertiary/aromatic N) is 2. The molecule has 0 aliphatic carbocycles. The standard InChI is InChI=1S/C17H17N3O3S2/c1-11-4-2-3-5-12(11)18-14(22)10-25-17-19-13-6-9-24-15(13)16(23)20(17)7-8-21/h2-6,9,21H,7-8,10H2,1H3,(H,18,22). The van der Waals surface area contributed by atoms with E-state index < -0.39 is 0 Å². The quantitative estimate of drug-likeness (QED) is 0.511. The first-order valence-electron chi connectivity index (χ1n) is 7.67. The lowest BCUT2D eigenvalue weighted by Gasteiger charge is -2.11. The van der Waals surface area contributed by atoms with Crippen molar-refractivity contribution in [3.63, 3.8) is 0 Å². The number of amides is 1. The molecule has 2 aromatic heterocycles. The molecule has 3 aromatic rings. The second kappa shape index (κ2) is 7.81. The number of hydrogen-bond acceptors (Lipinski definition) is 6. The van der Waals surface area contributed by atoms with E-state index in [2.05, 4.69) is 10.3 Å². The highest BCUT2D eigenvalue weighted by Gasteiger charge is 2.14. The van der Waals surface area contributed by atoms with Gasteiger partial charge in [0.15, 0.2) is 5.16 Å². The molecule has 2 heterocycles. The molecule has 2 N–H and O–H groups in total. The van der Waals surface area contributed by atoms with Gasteiger partial charge < -0.3 is 10.4 Å². The molecule has 0 spiro atoms. The molecule has 0 saturated carbocycles. The molecule has 3 rings (SSSR count). The Balaban J connectivity index is 1.78. The lowest BCUT2D eigenvalue weighted by atomic mass is 10.2. The highest BCUT2D eigenvalue weighted by atomic mass is 32.2. The highest BCUT2D eigenvalue weighted by molar-refractivity contribution is 7.99. The Morgan fingerprint density at radius 3 is 2.92 bits per heavy atom. The fourth-order valence-electron chi connectivity index (χ4n) is 2.36. The van der Waals surface area contributed by atoms with Gasteiger partial charge in [0.25, 0.3) is 5.56 Å². The summed E-state index contributed by atoms with van der Waals surface area (Å²) < 4.78 is 1.98. The maximum Gasteiger partial charge on any atom is 0.272 e. The summed E-state index contributed by atoms with van der Waals surface area (Å²) >= 11 is 2.51. The first kappa shape index (κ1) is 17.7. The van der Waals surface area contributed by atoms with Crippen molar-refractivity contribution in [1.29, 1.82) is 0 Å². The van der Waals surface area contributed by atoms with Crippen LogP contribution in [0.3, 0.4) is 0 Å². The van der Waals surface area contributed by atoms with E-state index in [1.807, 2.05) is 36.6 Å². The fraction of sp³-hybridized carbons (Fsp3) is 0.235. The Labute approximate surface area is 152 Å². The third-order valence-electron chi connectivity index (χ3n) is 3.61. The lowest BCUT2D eigenvalue weighted by Crippen LogP contribution is -2.25. The monoisotopic (exact) mass is 375 g/mol. The molecule has 0 saturated heterocycles. The maximum atomic E-state index is 12.5. The Morgan fingerprint density at radius 2 is 2.16 bits per heavy atom. The third-order valence-corrected chi connectivity index (χ3v) is 5.47. The molecule has 0 aliphatic heterocycles. The summed E-state index contributed by atoms with van der Waals surface area (Å²) in [6.45, 7) is 1.91. The molecule has 130 valence electrons. The highest BCUT2D eigenvalue weighted by Crippen LogP contribution is 2.21. The number of thioether (sulfide) groups is 1. The number of thiophene rings is 1. The van der Waals surface area contributed by atoms with Crippen molar-refractivity contribution < 1.29 is 9.90 Å². The molecule has 0 bridgehead atoms. The summed E-state index contributed by atoms with van der Waals surface area (Å²) in [6.07, 6.45) is 0. The summed E-state index contributed by atoms with van der Waals surface area (Å²) in [5.41, 5.74) is 2.18. The number of carbonyl (C=O) groups is 1. The van der Waals surface area contributed by atoms with Crippen molar-refractivity contribution in [3.05, 3.63) is 51.6 Å². The molecule has 25 heavy (non-hydrogen) atoms. The third kappa shape index (κ3) is 3.92. The Hall–Kier alpha value is -2.16. The van der Waals surface area contributed by atoms with Crippen LogP contribution in [0.2, 0.25) is 0 Å². The van der Waals surface area contributed by atoms with Gasteiger partial charge in [-0.05, 0) is 30.0 Å². The van der Waals surface area contributed by atoms with E-state index in [4.69, 9.17) is 0 Å². The molecule has 0 atom stereocenters. The largest absolute Gasteiger partial charge is 0.395 e. The number of carbonyl (C=O) groups excluding carboxylic acids is 1. The maximum absolute atomic E-state index is 12.5. The summed E-state index contributed by atoms with van der Waals surface area (Å²) in [5, 5.41) is 14.3. The van der Waals surface area contributed by atoms with E-state index in [1.165, 1.54) is 27.7 Å². The van der Waals surface area contributed by atoms with Gasteiger partial charge in [-0.25, -0.2) is 4.98 Å². The normalized spacial score (nSPS) is 11.0. The van der Waals surface area contributed by atoms with Crippen LogP contribution in [-0.4, -0.2) is 32.9 Å². The van der Waals surface area contributed by atoms with E-state index in [0.29, 0.717) is 15.4 Å². The van der Waals surface area contributed by atoms with E-state index in [1.54, 1.807) is 6.07 Å². The van der Waals surface area contributed by atoms with Crippen molar-refractivity contribution in [2.45, 2.75) is 18.6 Å².